The summed E-state index contributed by atoms with van der Waals surface area (Å²) >= 11 is 0. The van der Waals surface area contributed by atoms with Crippen LogP contribution in [0.4, 0.5) is 0 Å². The van der Waals surface area contributed by atoms with Gasteiger partial charge in [0.25, 0.3) is 0 Å². The fraction of sp³-hybridized carbons (Fsp3) is 1.00. The van der Waals surface area contributed by atoms with Crippen molar-refractivity contribution in [2.24, 2.45) is 11.5 Å². The lowest BCUT2D eigenvalue weighted by Gasteiger charge is -2.22. The predicted molar refractivity (Wildman–Crippen MR) is 176 cm³/mol. The number of ether oxygens (including phenoxy) is 2. The van der Waals surface area contributed by atoms with Crippen LogP contribution >= 0.6 is 0 Å². The summed E-state index contributed by atoms with van der Waals surface area (Å²) in [4.78, 5) is 0. The van der Waals surface area contributed by atoms with Crippen LogP contribution in [0.15, 0.2) is 0 Å². The molecule has 2 atom stereocenters. The Morgan fingerprint density at radius 1 is 0.575 bits per heavy atom. The fourth-order valence-corrected chi connectivity index (χ4v) is 5.07. The molecule has 0 bridgehead atoms. The lowest BCUT2D eigenvalue weighted by atomic mass is 10.1. The smallest absolute Gasteiger partial charge is 0.0932 e. The van der Waals surface area contributed by atoms with Gasteiger partial charge >= 0.3 is 0 Å². The van der Waals surface area contributed by atoms with Gasteiger partial charge in [-0.2, -0.15) is 0 Å². The second-order valence-corrected chi connectivity index (χ2v) is 12.0. The summed E-state index contributed by atoms with van der Waals surface area (Å²) in [5, 5.41) is 6.94. The molecule has 0 heterocycles. The van der Waals surface area contributed by atoms with Crippen LogP contribution in [0.5, 0.6) is 0 Å². The zero-order chi connectivity index (χ0) is 29.2. The van der Waals surface area contributed by atoms with Crippen LogP contribution in [0.2, 0.25) is 0 Å². The van der Waals surface area contributed by atoms with Gasteiger partial charge in [-0.3, -0.25) is 5.32 Å². The summed E-state index contributed by atoms with van der Waals surface area (Å²) in [5.74, 6) is 0. The molecule has 0 aliphatic heterocycles. The van der Waals surface area contributed by atoms with Crippen LogP contribution in [-0.4, -0.2) is 58.3 Å². The molecule has 0 amide bonds. The van der Waals surface area contributed by atoms with E-state index in [2.05, 4.69) is 24.5 Å². The minimum absolute atomic E-state index is 0.0209. The van der Waals surface area contributed by atoms with Gasteiger partial charge in [-0.05, 0) is 51.7 Å². The Bertz CT molecular complexity index is 456. The summed E-state index contributed by atoms with van der Waals surface area (Å²) < 4.78 is 12.3. The molecule has 0 aromatic heterocycles. The number of nitrogens with two attached hydrogens (primary N) is 2. The summed E-state index contributed by atoms with van der Waals surface area (Å²) in [7, 11) is 0. The van der Waals surface area contributed by atoms with Crippen LogP contribution in [0.25, 0.3) is 0 Å². The molecule has 0 saturated carbocycles. The van der Waals surface area contributed by atoms with E-state index in [-0.39, 0.29) is 12.3 Å². The minimum atomic E-state index is -0.0209. The molecule has 40 heavy (non-hydrogen) atoms. The summed E-state index contributed by atoms with van der Waals surface area (Å²) in [6, 6.07) is 0. The summed E-state index contributed by atoms with van der Waals surface area (Å²) in [6.45, 7) is 10.4. The number of hydrogen-bond acceptors (Lipinski definition) is 6. The standard InChI is InChI=1S/C34H74N4O2/c1-3-5-7-9-11-13-15-17-19-23-29-39-32-33(31-38-34(36)25-28-37-27-22-21-26-35)40-30-24-20-18-16-14-12-10-8-6-4-2/h33-34,37-38H,3-32,35-36H2,1-2H3. The first-order valence-electron chi connectivity index (χ1n) is 17.8. The van der Waals surface area contributed by atoms with Gasteiger partial charge in [0.15, 0.2) is 0 Å². The fourth-order valence-electron chi connectivity index (χ4n) is 5.07. The van der Waals surface area contributed by atoms with Gasteiger partial charge in [-0.25, -0.2) is 0 Å². The van der Waals surface area contributed by atoms with Crippen molar-refractivity contribution >= 4 is 0 Å². The highest BCUT2D eigenvalue weighted by Crippen LogP contribution is 2.12. The van der Waals surface area contributed by atoms with E-state index in [1.807, 2.05) is 0 Å². The number of rotatable bonds is 35. The normalized spacial score (nSPS) is 13.2. The molecule has 0 fully saturated rings. The monoisotopic (exact) mass is 571 g/mol. The van der Waals surface area contributed by atoms with Crippen molar-refractivity contribution in [1.29, 1.82) is 0 Å². The highest BCUT2D eigenvalue weighted by Gasteiger charge is 2.12. The zero-order valence-electron chi connectivity index (χ0n) is 27.3. The van der Waals surface area contributed by atoms with E-state index < -0.39 is 0 Å². The molecule has 6 heteroatoms. The van der Waals surface area contributed by atoms with Crippen LogP contribution in [-0.2, 0) is 9.47 Å². The van der Waals surface area contributed by atoms with Gasteiger partial charge in [-0.15, -0.1) is 0 Å². The Morgan fingerprint density at radius 3 is 1.60 bits per heavy atom. The van der Waals surface area contributed by atoms with Gasteiger partial charge < -0.3 is 26.3 Å². The Labute approximate surface area is 251 Å². The van der Waals surface area contributed by atoms with Crippen LogP contribution < -0.4 is 22.1 Å². The predicted octanol–water partition coefficient (Wildman–Crippen LogP) is 7.82. The molecule has 0 aromatic rings. The first-order valence-corrected chi connectivity index (χ1v) is 17.8. The molecule has 0 aromatic carbocycles. The second kappa shape index (κ2) is 35.0. The van der Waals surface area contributed by atoms with Crippen LogP contribution in [0.3, 0.4) is 0 Å². The zero-order valence-corrected chi connectivity index (χ0v) is 27.3. The van der Waals surface area contributed by atoms with Crippen LogP contribution in [0, 0.1) is 0 Å². The molecule has 0 saturated heterocycles. The maximum absolute atomic E-state index is 6.32. The lowest BCUT2D eigenvalue weighted by Crippen LogP contribution is -2.45. The van der Waals surface area contributed by atoms with Gasteiger partial charge in [-0.1, -0.05) is 129 Å². The third-order valence-corrected chi connectivity index (χ3v) is 7.84. The third-order valence-electron chi connectivity index (χ3n) is 7.84. The van der Waals surface area contributed by atoms with Crippen molar-refractivity contribution in [3.63, 3.8) is 0 Å². The van der Waals surface area contributed by atoms with Crippen molar-refractivity contribution in [3.8, 4) is 0 Å². The average molecular weight is 571 g/mol. The van der Waals surface area contributed by atoms with Crippen LogP contribution in [0.1, 0.15) is 162 Å². The van der Waals surface area contributed by atoms with Gasteiger partial charge in [0.2, 0.25) is 0 Å². The van der Waals surface area contributed by atoms with E-state index >= 15 is 0 Å². The number of nitrogens with one attached hydrogen (secondary N) is 2. The highest BCUT2D eigenvalue weighted by atomic mass is 16.5. The molecule has 6 nitrogen and oxygen atoms in total. The maximum atomic E-state index is 6.32. The second-order valence-electron chi connectivity index (χ2n) is 12.0. The third kappa shape index (κ3) is 32.3. The molecule has 0 rings (SSSR count). The van der Waals surface area contributed by atoms with Crippen molar-refractivity contribution in [3.05, 3.63) is 0 Å². The van der Waals surface area contributed by atoms with E-state index in [0.717, 1.165) is 71.5 Å². The van der Waals surface area contributed by atoms with E-state index in [9.17, 15) is 0 Å². The maximum Gasteiger partial charge on any atom is 0.0932 e. The van der Waals surface area contributed by atoms with Gasteiger partial charge in [0.1, 0.15) is 0 Å². The number of unbranched alkanes of at least 4 members (excludes halogenated alkanes) is 19. The van der Waals surface area contributed by atoms with Crippen molar-refractivity contribution in [2.75, 3.05) is 46.0 Å². The first-order chi connectivity index (χ1) is 19.7. The Kier molecular flexibility index (Phi) is 34.7. The molecule has 0 aliphatic rings. The van der Waals surface area contributed by atoms with Gasteiger partial charge in [0, 0.05) is 19.8 Å². The molecule has 242 valence electrons. The summed E-state index contributed by atoms with van der Waals surface area (Å²) in [5.41, 5.74) is 11.9. The largest absolute Gasteiger partial charge is 0.379 e. The molecular formula is C34H74N4O2. The Morgan fingerprint density at radius 2 is 1.07 bits per heavy atom. The molecule has 0 radical (unpaired) electrons. The molecule has 2 unspecified atom stereocenters. The quantitative estimate of drug-likeness (QED) is 0.0458. The Balaban J connectivity index is 4.00. The van der Waals surface area contributed by atoms with Crippen molar-refractivity contribution in [1.82, 2.24) is 10.6 Å². The SMILES string of the molecule is CCCCCCCCCCCCOCC(CNC(N)CCNCCCCN)OCCCCCCCCCCCC. The topological polar surface area (TPSA) is 94.6 Å². The molecule has 0 aliphatic carbocycles. The molecule has 6 N–H and O–H groups in total. The first kappa shape index (κ1) is 39.8. The number of hydrogen-bond donors (Lipinski definition) is 4. The van der Waals surface area contributed by atoms with E-state index in [0.29, 0.717) is 6.61 Å². The van der Waals surface area contributed by atoms with E-state index in [1.165, 1.54) is 116 Å². The van der Waals surface area contributed by atoms with Crippen molar-refractivity contribution in [2.45, 2.75) is 174 Å². The lowest BCUT2D eigenvalue weighted by molar-refractivity contribution is -0.0187. The van der Waals surface area contributed by atoms with E-state index in [4.69, 9.17) is 20.9 Å². The van der Waals surface area contributed by atoms with Gasteiger partial charge in [0.05, 0.1) is 18.9 Å². The summed E-state index contributed by atoms with van der Waals surface area (Å²) in [6.07, 6.45) is 30.2. The minimum Gasteiger partial charge on any atom is -0.379 e. The highest BCUT2D eigenvalue weighted by molar-refractivity contribution is 4.67. The molecular weight excluding hydrogens is 496 g/mol. The Hall–Kier alpha value is -0.240. The van der Waals surface area contributed by atoms with E-state index in [1.54, 1.807) is 0 Å². The average Bonchev–Trinajstić information content (AvgIpc) is 2.96. The molecule has 0 spiro atoms. The van der Waals surface area contributed by atoms with Crippen molar-refractivity contribution < 1.29 is 9.47 Å².